The second kappa shape index (κ2) is 8.91. The first-order chi connectivity index (χ1) is 12.7. The number of benzene rings is 2. The Morgan fingerprint density at radius 1 is 0.923 bits per heavy atom. The molecule has 1 radical (unpaired) electrons. The van der Waals surface area contributed by atoms with E-state index in [4.69, 9.17) is 9.47 Å². The summed E-state index contributed by atoms with van der Waals surface area (Å²) in [5.74, 6) is 4.52. The Labute approximate surface area is 160 Å². The highest BCUT2D eigenvalue weighted by atomic mass is 32.1. The van der Waals surface area contributed by atoms with Gasteiger partial charge in [0.1, 0.15) is 17.2 Å². The summed E-state index contributed by atoms with van der Waals surface area (Å²) in [6.07, 6.45) is 0.985. The molecule has 1 unspecified atom stereocenters. The standard InChI is InChI=1S/C23H25O2S/c1-4-24-19-12-10-18(11-13-19)23(17(2)3)15-22-14-21(16-26-22)25-20-8-6-5-7-9-20/h5-14,16,23H,4,15H2,1-3H3. The van der Waals surface area contributed by atoms with Crippen molar-refractivity contribution < 1.29 is 9.47 Å². The zero-order valence-corrected chi connectivity index (χ0v) is 16.4. The van der Waals surface area contributed by atoms with Gasteiger partial charge in [0, 0.05) is 10.3 Å². The van der Waals surface area contributed by atoms with Crippen LogP contribution in [0.2, 0.25) is 0 Å². The lowest BCUT2D eigenvalue weighted by Gasteiger charge is -2.20. The second-order valence-corrected chi connectivity index (χ2v) is 7.50. The van der Waals surface area contributed by atoms with Crippen LogP contribution < -0.4 is 9.47 Å². The van der Waals surface area contributed by atoms with Crippen LogP contribution in [0.15, 0.2) is 66.0 Å². The van der Waals surface area contributed by atoms with Crippen molar-refractivity contribution >= 4 is 11.3 Å². The molecular formula is C23H25O2S. The topological polar surface area (TPSA) is 18.5 Å². The summed E-state index contributed by atoms with van der Waals surface area (Å²) >= 11 is 1.76. The minimum Gasteiger partial charge on any atom is -0.494 e. The van der Waals surface area contributed by atoms with Gasteiger partial charge in [0.2, 0.25) is 0 Å². The van der Waals surface area contributed by atoms with Crippen LogP contribution in [-0.4, -0.2) is 6.61 Å². The Bertz CT molecular complexity index is 791. The van der Waals surface area contributed by atoms with Crippen LogP contribution in [0.4, 0.5) is 0 Å². The SMILES string of the molecule is CCOc1ccc(C(Cc2cc(Oc3ccccc3)cs2)[C](C)C)cc1. The molecule has 0 fully saturated rings. The normalized spacial score (nSPS) is 12.2. The first-order valence-corrected chi connectivity index (χ1v) is 9.86. The van der Waals surface area contributed by atoms with Gasteiger partial charge in [-0.2, -0.15) is 0 Å². The van der Waals surface area contributed by atoms with Crippen LogP contribution in [0, 0.1) is 5.92 Å². The van der Waals surface area contributed by atoms with E-state index in [1.165, 1.54) is 16.4 Å². The molecule has 2 nitrogen and oxygen atoms in total. The van der Waals surface area contributed by atoms with Gasteiger partial charge in [0.25, 0.3) is 0 Å². The molecule has 0 bridgehead atoms. The summed E-state index contributed by atoms with van der Waals surface area (Å²) in [6, 6.07) is 20.6. The van der Waals surface area contributed by atoms with Crippen molar-refractivity contribution in [3.63, 3.8) is 0 Å². The van der Waals surface area contributed by atoms with E-state index in [0.29, 0.717) is 12.5 Å². The molecular weight excluding hydrogens is 340 g/mol. The first kappa shape index (κ1) is 18.5. The van der Waals surface area contributed by atoms with Crippen molar-refractivity contribution in [1.29, 1.82) is 0 Å². The molecule has 1 heterocycles. The summed E-state index contributed by atoms with van der Waals surface area (Å²) in [5, 5.41) is 2.09. The van der Waals surface area contributed by atoms with Gasteiger partial charge in [0.05, 0.1) is 6.61 Å². The maximum absolute atomic E-state index is 5.94. The van der Waals surface area contributed by atoms with Crippen molar-refractivity contribution in [2.75, 3.05) is 6.61 Å². The van der Waals surface area contributed by atoms with Gasteiger partial charge in [-0.05, 0) is 61.1 Å². The molecule has 0 aliphatic rings. The minimum absolute atomic E-state index is 0.397. The third-order valence-electron chi connectivity index (χ3n) is 4.30. The Morgan fingerprint density at radius 2 is 1.65 bits per heavy atom. The number of hydrogen-bond acceptors (Lipinski definition) is 3. The lowest BCUT2D eigenvalue weighted by molar-refractivity contribution is 0.340. The van der Waals surface area contributed by atoms with Crippen LogP contribution in [0.3, 0.4) is 0 Å². The fourth-order valence-corrected chi connectivity index (χ4v) is 3.80. The molecule has 3 rings (SSSR count). The molecule has 0 saturated carbocycles. The summed E-state index contributed by atoms with van der Waals surface area (Å²) in [5.41, 5.74) is 1.33. The van der Waals surface area contributed by atoms with Crippen molar-refractivity contribution in [2.24, 2.45) is 0 Å². The molecule has 3 heteroatoms. The fraction of sp³-hybridized carbons (Fsp3) is 0.261. The largest absolute Gasteiger partial charge is 0.494 e. The molecule has 2 aromatic carbocycles. The molecule has 0 aliphatic heterocycles. The van der Waals surface area contributed by atoms with Crippen LogP contribution in [-0.2, 0) is 6.42 Å². The zero-order valence-electron chi connectivity index (χ0n) is 15.6. The number of hydrogen-bond donors (Lipinski definition) is 0. The number of ether oxygens (including phenoxy) is 2. The van der Waals surface area contributed by atoms with Crippen LogP contribution in [0.25, 0.3) is 0 Å². The predicted molar refractivity (Wildman–Crippen MR) is 109 cm³/mol. The smallest absolute Gasteiger partial charge is 0.138 e. The second-order valence-electron chi connectivity index (χ2n) is 6.50. The predicted octanol–water partition coefficient (Wildman–Crippen LogP) is 6.88. The van der Waals surface area contributed by atoms with E-state index in [2.05, 4.69) is 49.6 Å². The van der Waals surface area contributed by atoms with E-state index in [-0.39, 0.29) is 0 Å². The van der Waals surface area contributed by atoms with Crippen LogP contribution in [0.5, 0.6) is 17.2 Å². The van der Waals surface area contributed by atoms with Crippen LogP contribution >= 0.6 is 11.3 Å². The minimum atomic E-state index is 0.397. The van der Waals surface area contributed by atoms with Crippen molar-refractivity contribution in [2.45, 2.75) is 33.1 Å². The van der Waals surface area contributed by atoms with Gasteiger partial charge in [-0.25, -0.2) is 0 Å². The van der Waals surface area contributed by atoms with E-state index in [1.54, 1.807) is 11.3 Å². The maximum atomic E-state index is 5.94. The van der Waals surface area contributed by atoms with E-state index in [0.717, 1.165) is 23.7 Å². The third kappa shape index (κ3) is 4.89. The van der Waals surface area contributed by atoms with Crippen molar-refractivity contribution in [3.05, 3.63) is 82.4 Å². The summed E-state index contributed by atoms with van der Waals surface area (Å²) < 4.78 is 11.5. The van der Waals surface area contributed by atoms with Gasteiger partial charge in [0.15, 0.2) is 0 Å². The van der Waals surface area contributed by atoms with E-state index >= 15 is 0 Å². The Kier molecular flexibility index (Phi) is 6.35. The molecule has 0 amide bonds. The molecule has 0 aliphatic carbocycles. The molecule has 0 spiro atoms. The third-order valence-corrected chi connectivity index (χ3v) is 5.24. The van der Waals surface area contributed by atoms with Gasteiger partial charge < -0.3 is 9.47 Å². The lowest BCUT2D eigenvalue weighted by Crippen LogP contribution is -2.08. The highest BCUT2D eigenvalue weighted by Crippen LogP contribution is 2.35. The number of rotatable bonds is 8. The average molecular weight is 366 g/mol. The Hall–Kier alpha value is -2.26. The summed E-state index contributed by atoms with van der Waals surface area (Å²) in [4.78, 5) is 1.33. The summed E-state index contributed by atoms with van der Waals surface area (Å²) in [7, 11) is 0. The first-order valence-electron chi connectivity index (χ1n) is 8.99. The van der Waals surface area contributed by atoms with E-state index in [1.807, 2.05) is 37.3 Å². The van der Waals surface area contributed by atoms with E-state index in [9.17, 15) is 0 Å². The molecule has 3 aromatic rings. The Morgan fingerprint density at radius 3 is 2.31 bits per heavy atom. The van der Waals surface area contributed by atoms with Gasteiger partial charge >= 0.3 is 0 Å². The number of para-hydroxylation sites is 1. The monoisotopic (exact) mass is 365 g/mol. The maximum Gasteiger partial charge on any atom is 0.138 e. The van der Waals surface area contributed by atoms with Crippen molar-refractivity contribution in [1.82, 2.24) is 0 Å². The number of thiophene rings is 1. The van der Waals surface area contributed by atoms with E-state index < -0.39 is 0 Å². The quantitative estimate of drug-likeness (QED) is 0.433. The lowest BCUT2D eigenvalue weighted by atomic mass is 9.85. The Balaban J connectivity index is 1.70. The van der Waals surface area contributed by atoms with Crippen molar-refractivity contribution in [3.8, 4) is 17.2 Å². The molecule has 1 aromatic heterocycles. The highest BCUT2D eigenvalue weighted by molar-refractivity contribution is 7.10. The molecule has 0 saturated heterocycles. The highest BCUT2D eigenvalue weighted by Gasteiger charge is 2.18. The van der Waals surface area contributed by atoms with Gasteiger partial charge in [-0.3, -0.25) is 0 Å². The molecule has 26 heavy (non-hydrogen) atoms. The molecule has 1 atom stereocenters. The zero-order chi connectivity index (χ0) is 18.4. The van der Waals surface area contributed by atoms with Gasteiger partial charge in [-0.1, -0.05) is 44.2 Å². The van der Waals surface area contributed by atoms with Crippen LogP contribution in [0.1, 0.15) is 37.1 Å². The molecule has 135 valence electrons. The fourth-order valence-electron chi connectivity index (χ4n) is 2.97. The average Bonchev–Trinajstić information content (AvgIpc) is 3.08. The molecule has 0 N–H and O–H groups in total. The summed E-state index contributed by atoms with van der Waals surface area (Å²) in [6.45, 7) is 7.11. The van der Waals surface area contributed by atoms with Gasteiger partial charge in [-0.15, -0.1) is 11.3 Å².